The van der Waals surface area contributed by atoms with Gasteiger partial charge in [-0.2, -0.15) is 0 Å². The molecule has 7 heteroatoms. The van der Waals surface area contributed by atoms with Crippen molar-refractivity contribution in [2.75, 3.05) is 25.1 Å². The fourth-order valence-corrected chi connectivity index (χ4v) is 3.40. The molecule has 0 saturated carbocycles. The Balaban J connectivity index is 1.55. The molecule has 0 aliphatic heterocycles. The Morgan fingerprint density at radius 2 is 1.76 bits per heavy atom. The minimum absolute atomic E-state index is 0.605. The Bertz CT molecular complexity index is 1140. The highest BCUT2D eigenvalue weighted by atomic mass is 16.5. The summed E-state index contributed by atoms with van der Waals surface area (Å²) in [5.41, 5.74) is 2.88. The molecule has 2 aromatic heterocycles. The van der Waals surface area contributed by atoms with E-state index in [-0.39, 0.29) is 0 Å². The first-order chi connectivity index (χ1) is 14.2. The zero-order valence-electron chi connectivity index (χ0n) is 17.0. The number of aromatic nitrogens is 4. The molecule has 0 radical (unpaired) electrons. The summed E-state index contributed by atoms with van der Waals surface area (Å²) < 4.78 is 13.3. The van der Waals surface area contributed by atoms with Crippen LogP contribution in [0.3, 0.4) is 0 Å². The van der Waals surface area contributed by atoms with Gasteiger partial charge in [0.1, 0.15) is 5.82 Å². The second-order valence-electron chi connectivity index (χ2n) is 6.68. The van der Waals surface area contributed by atoms with E-state index in [1.807, 2.05) is 61.6 Å². The van der Waals surface area contributed by atoms with Gasteiger partial charge in [0.05, 0.1) is 18.7 Å². The first kappa shape index (κ1) is 19.0. The van der Waals surface area contributed by atoms with Crippen LogP contribution in [0.2, 0.25) is 0 Å². The highest BCUT2D eigenvalue weighted by Gasteiger charge is 2.12. The Hall–Kier alpha value is -3.35. The molecule has 150 valence electrons. The predicted octanol–water partition coefficient (Wildman–Crippen LogP) is 4.04. The number of hydrogen-bond donors (Lipinski definition) is 1. The molecule has 0 saturated heterocycles. The fourth-order valence-electron chi connectivity index (χ4n) is 3.40. The Morgan fingerprint density at radius 1 is 0.966 bits per heavy atom. The first-order valence-corrected chi connectivity index (χ1v) is 9.94. The Kier molecular flexibility index (Phi) is 5.46. The summed E-state index contributed by atoms with van der Waals surface area (Å²) in [6.45, 7) is 7.82. The number of aryl methyl sites for hydroxylation is 1. The lowest BCUT2D eigenvalue weighted by atomic mass is 10.1. The molecule has 4 rings (SSSR count). The van der Waals surface area contributed by atoms with Crippen LogP contribution < -0.4 is 14.8 Å². The number of nitrogens with one attached hydrogen (secondary N) is 1. The number of hydrogen-bond acceptors (Lipinski definition) is 6. The molecular weight excluding hydrogens is 366 g/mol. The van der Waals surface area contributed by atoms with E-state index in [0.29, 0.717) is 13.2 Å². The van der Waals surface area contributed by atoms with E-state index in [2.05, 4.69) is 21.6 Å². The average molecular weight is 391 g/mol. The topological polar surface area (TPSA) is 73.6 Å². The predicted molar refractivity (Wildman–Crippen MR) is 114 cm³/mol. The molecule has 0 spiro atoms. The van der Waals surface area contributed by atoms with Crippen LogP contribution in [-0.2, 0) is 6.42 Å². The van der Waals surface area contributed by atoms with Crippen LogP contribution in [0.25, 0.3) is 16.6 Å². The largest absolute Gasteiger partial charge is 0.490 e. The van der Waals surface area contributed by atoms with Gasteiger partial charge in [0.2, 0.25) is 5.95 Å². The van der Waals surface area contributed by atoms with Crippen LogP contribution in [0.5, 0.6) is 11.5 Å². The molecule has 1 N–H and O–H groups in total. The van der Waals surface area contributed by atoms with E-state index in [0.717, 1.165) is 52.8 Å². The van der Waals surface area contributed by atoms with Gasteiger partial charge in [-0.1, -0.05) is 18.2 Å². The molecule has 0 bridgehead atoms. The third-order valence-electron chi connectivity index (χ3n) is 4.71. The third-order valence-corrected chi connectivity index (χ3v) is 4.71. The molecule has 0 unspecified atom stereocenters. The minimum atomic E-state index is 0.605. The lowest BCUT2D eigenvalue weighted by Gasteiger charge is -2.13. The van der Waals surface area contributed by atoms with E-state index in [1.54, 1.807) is 0 Å². The number of ether oxygens (including phenoxy) is 2. The van der Waals surface area contributed by atoms with E-state index >= 15 is 0 Å². The van der Waals surface area contributed by atoms with Crippen molar-refractivity contribution in [2.24, 2.45) is 0 Å². The second-order valence-corrected chi connectivity index (χ2v) is 6.68. The van der Waals surface area contributed by atoms with Crippen molar-refractivity contribution < 1.29 is 9.47 Å². The molecule has 0 fully saturated rings. The van der Waals surface area contributed by atoms with Gasteiger partial charge in [0, 0.05) is 11.9 Å². The molecule has 7 nitrogen and oxygen atoms in total. The van der Waals surface area contributed by atoms with Gasteiger partial charge < -0.3 is 14.8 Å². The van der Waals surface area contributed by atoms with Gasteiger partial charge in [0.15, 0.2) is 17.1 Å². The van der Waals surface area contributed by atoms with Crippen molar-refractivity contribution in [1.82, 2.24) is 19.6 Å². The monoisotopic (exact) mass is 391 g/mol. The zero-order valence-corrected chi connectivity index (χ0v) is 17.0. The fraction of sp³-hybridized carbons (Fsp3) is 0.318. The van der Waals surface area contributed by atoms with E-state index in [4.69, 9.17) is 14.5 Å². The summed E-state index contributed by atoms with van der Waals surface area (Å²) in [7, 11) is 0. The zero-order chi connectivity index (χ0) is 20.2. The Labute approximate surface area is 169 Å². The lowest BCUT2D eigenvalue weighted by molar-refractivity contribution is 0.287. The number of benzene rings is 2. The van der Waals surface area contributed by atoms with Crippen molar-refractivity contribution in [2.45, 2.75) is 27.2 Å². The van der Waals surface area contributed by atoms with Gasteiger partial charge in [-0.05, 0) is 57.0 Å². The summed E-state index contributed by atoms with van der Waals surface area (Å²) in [6.07, 6.45) is 0.823. The Morgan fingerprint density at radius 3 is 2.59 bits per heavy atom. The van der Waals surface area contributed by atoms with Gasteiger partial charge in [-0.25, -0.2) is 9.38 Å². The average Bonchev–Trinajstić information content (AvgIpc) is 3.12. The molecule has 4 aromatic rings. The molecule has 0 atom stereocenters. The van der Waals surface area contributed by atoms with Crippen molar-refractivity contribution in [3.05, 3.63) is 53.9 Å². The van der Waals surface area contributed by atoms with Gasteiger partial charge in [-0.3, -0.25) is 0 Å². The van der Waals surface area contributed by atoms with Crippen molar-refractivity contribution in [3.8, 4) is 11.5 Å². The SMILES string of the molecule is CCOc1ccc(CCNc2nc3ccccc3c3nnc(C)n23)cc1OCC. The summed E-state index contributed by atoms with van der Waals surface area (Å²) in [6, 6.07) is 14.1. The number of rotatable bonds is 8. The minimum Gasteiger partial charge on any atom is -0.490 e. The molecular formula is C22H25N5O2. The molecule has 0 amide bonds. The van der Waals surface area contributed by atoms with Crippen molar-refractivity contribution in [1.29, 1.82) is 0 Å². The van der Waals surface area contributed by atoms with Gasteiger partial charge in [0.25, 0.3) is 0 Å². The van der Waals surface area contributed by atoms with E-state index in [9.17, 15) is 0 Å². The first-order valence-electron chi connectivity index (χ1n) is 9.94. The summed E-state index contributed by atoms with van der Waals surface area (Å²) >= 11 is 0. The number of nitrogens with zero attached hydrogens (tertiary/aromatic N) is 4. The molecule has 2 heterocycles. The summed E-state index contributed by atoms with van der Waals surface area (Å²) in [4.78, 5) is 4.78. The third kappa shape index (κ3) is 3.81. The highest BCUT2D eigenvalue weighted by molar-refractivity contribution is 5.92. The smallest absolute Gasteiger partial charge is 0.210 e. The van der Waals surface area contributed by atoms with E-state index < -0.39 is 0 Å². The molecule has 29 heavy (non-hydrogen) atoms. The van der Waals surface area contributed by atoms with Crippen LogP contribution >= 0.6 is 0 Å². The van der Waals surface area contributed by atoms with Crippen LogP contribution in [0.1, 0.15) is 25.2 Å². The quantitative estimate of drug-likeness (QED) is 0.489. The second kappa shape index (κ2) is 8.34. The maximum atomic E-state index is 5.73. The van der Waals surface area contributed by atoms with Crippen molar-refractivity contribution in [3.63, 3.8) is 0 Å². The maximum Gasteiger partial charge on any atom is 0.210 e. The molecule has 0 aliphatic rings. The van der Waals surface area contributed by atoms with Crippen LogP contribution in [0.15, 0.2) is 42.5 Å². The number of anilines is 1. The summed E-state index contributed by atoms with van der Waals surface area (Å²) in [5, 5.41) is 13.0. The standard InChI is InChI=1S/C22H25N5O2/c1-4-28-19-11-10-16(14-20(19)29-5-2)12-13-23-22-24-18-9-7-6-8-17(18)21-26-25-15(3)27(21)22/h6-11,14H,4-5,12-13H2,1-3H3,(H,23,24). The van der Waals surface area contributed by atoms with Crippen LogP contribution in [-0.4, -0.2) is 39.3 Å². The molecule has 0 aliphatic carbocycles. The number of para-hydroxylation sites is 1. The maximum absolute atomic E-state index is 5.73. The molecule has 2 aromatic carbocycles. The highest BCUT2D eigenvalue weighted by Crippen LogP contribution is 2.29. The van der Waals surface area contributed by atoms with Crippen LogP contribution in [0.4, 0.5) is 5.95 Å². The lowest BCUT2D eigenvalue weighted by Crippen LogP contribution is -2.11. The van der Waals surface area contributed by atoms with E-state index in [1.165, 1.54) is 5.56 Å². The number of fused-ring (bicyclic) bond motifs is 3. The van der Waals surface area contributed by atoms with Crippen LogP contribution in [0, 0.1) is 6.92 Å². The van der Waals surface area contributed by atoms with Gasteiger partial charge >= 0.3 is 0 Å². The normalized spacial score (nSPS) is 11.1. The van der Waals surface area contributed by atoms with Gasteiger partial charge in [-0.15, -0.1) is 10.2 Å². The summed E-state index contributed by atoms with van der Waals surface area (Å²) in [5.74, 6) is 3.12. The van der Waals surface area contributed by atoms with Crippen molar-refractivity contribution >= 4 is 22.5 Å².